The van der Waals surface area contributed by atoms with Gasteiger partial charge in [0.05, 0.1) is 22.5 Å². The fourth-order valence-electron chi connectivity index (χ4n) is 1.43. The summed E-state index contributed by atoms with van der Waals surface area (Å²) in [6.45, 7) is 1.99. The number of aliphatic hydroxyl groups excluding tert-OH is 1. The first-order chi connectivity index (χ1) is 9.20. The summed E-state index contributed by atoms with van der Waals surface area (Å²) in [6.07, 6.45) is 1.53. The molecule has 0 bridgehead atoms. The van der Waals surface area contributed by atoms with Crippen molar-refractivity contribution >= 4 is 17.2 Å². The Balaban J connectivity index is 2.03. The van der Waals surface area contributed by atoms with Crippen molar-refractivity contribution in [3.05, 3.63) is 39.4 Å². The third kappa shape index (κ3) is 3.44. The summed E-state index contributed by atoms with van der Waals surface area (Å²) in [7, 11) is 0. The van der Waals surface area contributed by atoms with E-state index in [9.17, 15) is 4.79 Å². The Kier molecular flexibility index (Phi) is 4.34. The molecule has 0 aliphatic carbocycles. The highest BCUT2D eigenvalue weighted by atomic mass is 32.1. The molecule has 5 nitrogen and oxygen atoms in total. The molecule has 0 aliphatic rings. The Morgan fingerprint density at radius 3 is 3.16 bits per heavy atom. The number of thiophene rings is 1. The highest BCUT2D eigenvalue weighted by Crippen LogP contribution is 2.20. The van der Waals surface area contributed by atoms with Crippen LogP contribution < -0.4 is 5.32 Å². The normalized spacial score (nSPS) is 9.79. The summed E-state index contributed by atoms with van der Waals surface area (Å²) in [4.78, 5) is 13.3. The molecule has 0 atom stereocenters. The van der Waals surface area contributed by atoms with Crippen LogP contribution in [0.5, 0.6) is 0 Å². The molecule has 19 heavy (non-hydrogen) atoms. The third-order valence-corrected chi connectivity index (χ3v) is 3.49. The molecular formula is C13H12N2O3S. The number of nitrogens with one attached hydrogen (secondary N) is 1. The van der Waals surface area contributed by atoms with E-state index >= 15 is 0 Å². The molecule has 0 spiro atoms. The molecule has 2 N–H and O–H groups in total. The number of carbonyl (C=O) groups excluding carboxylic acids is 1. The lowest BCUT2D eigenvalue weighted by molar-refractivity contribution is 0.0951. The van der Waals surface area contributed by atoms with Crippen LogP contribution in [0.4, 0.5) is 0 Å². The summed E-state index contributed by atoms with van der Waals surface area (Å²) < 4.78 is 4.89. The number of aryl methyl sites for hydroxylation is 1. The molecule has 0 saturated carbocycles. The van der Waals surface area contributed by atoms with Gasteiger partial charge in [-0.3, -0.25) is 4.79 Å². The van der Waals surface area contributed by atoms with Gasteiger partial charge in [-0.2, -0.15) is 0 Å². The van der Waals surface area contributed by atoms with E-state index in [2.05, 4.69) is 22.3 Å². The monoisotopic (exact) mass is 276 g/mol. The van der Waals surface area contributed by atoms with Crippen molar-refractivity contribution in [2.24, 2.45) is 0 Å². The van der Waals surface area contributed by atoms with Gasteiger partial charge in [0, 0.05) is 6.07 Å². The Hall–Kier alpha value is -2.10. The Bertz CT molecular complexity index is 620. The van der Waals surface area contributed by atoms with Crippen molar-refractivity contribution in [1.29, 1.82) is 0 Å². The molecule has 1 amide bonds. The second kappa shape index (κ2) is 6.18. The van der Waals surface area contributed by atoms with Gasteiger partial charge in [-0.1, -0.05) is 17.0 Å². The van der Waals surface area contributed by atoms with Crippen LogP contribution in [-0.2, 0) is 6.54 Å². The molecule has 2 heterocycles. The largest absolute Gasteiger partial charge is 0.384 e. The first-order valence-electron chi connectivity index (χ1n) is 5.58. The highest BCUT2D eigenvalue weighted by Gasteiger charge is 2.11. The fourth-order valence-corrected chi connectivity index (χ4v) is 2.39. The molecule has 0 unspecified atom stereocenters. The maximum Gasteiger partial charge on any atom is 0.261 e. The molecule has 6 heteroatoms. The second-order valence-corrected chi connectivity index (χ2v) is 4.80. The fraction of sp³-hybridized carbons (Fsp3) is 0.231. The van der Waals surface area contributed by atoms with E-state index in [4.69, 9.17) is 9.63 Å². The number of carbonyl (C=O) groups is 1. The second-order valence-electron chi connectivity index (χ2n) is 3.74. The minimum absolute atomic E-state index is 0.179. The first kappa shape index (κ1) is 13.3. The quantitative estimate of drug-likeness (QED) is 0.829. The van der Waals surface area contributed by atoms with Crippen molar-refractivity contribution in [2.45, 2.75) is 13.5 Å². The van der Waals surface area contributed by atoms with Crippen molar-refractivity contribution in [3.8, 4) is 11.8 Å². The minimum Gasteiger partial charge on any atom is -0.384 e. The van der Waals surface area contributed by atoms with Crippen LogP contribution in [0.25, 0.3) is 0 Å². The van der Waals surface area contributed by atoms with Crippen LogP contribution in [0.2, 0.25) is 0 Å². The van der Waals surface area contributed by atoms with E-state index in [1.54, 1.807) is 12.1 Å². The molecule has 2 aromatic heterocycles. The molecule has 2 aromatic rings. The standard InChI is InChI=1S/C13H12N2O3S/c1-9-7-12(19-11(9)3-2-6-16)13(17)14-8-10-4-5-15-18-10/h4-5,7,16H,6,8H2,1H3,(H,14,17). The smallest absolute Gasteiger partial charge is 0.261 e. The number of hydrogen-bond donors (Lipinski definition) is 2. The summed E-state index contributed by atoms with van der Waals surface area (Å²) in [5, 5.41) is 15.0. The molecular weight excluding hydrogens is 264 g/mol. The number of aliphatic hydroxyl groups is 1. The van der Waals surface area contributed by atoms with Gasteiger partial charge in [0.1, 0.15) is 6.61 Å². The molecule has 0 fully saturated rings. The lowest BCUT2D eigenvalue weighted by atomic mass is 10.2. The Morgan fingerprint density at radius 2 is 2.47 bits per heavy atom. The first-order valence-corrected chi connectivity index (χ1v) is 6.40. The Labute approximate surface area is 114 Å². The summed E-state index contributed by atoms with van der Waals surface area (Å²) in [5.41, 5.74) is 0.927. The molecule has 98 valence electrons. The van der Waals surface area contributed by atoms with Crippen molar-refractivity contribution in [3.63, 3.8) is 0 Å². The molecule has 0 saturated heterocycles. The van der Waals surface area contributed by atoms with Crippen LogP contribution in [0.15, 0.2) is 22.9 Å². The average Bonchev–Trinajstić information content (AvgIpc) is 3.03. The van der Waals surface area contributed by atoms with Gasteiger partial charge in [-0.05, 0) is 18.6 Å². The average molecular weight is 276 g/mol. The zero-order valence-electron chi connectivity index (χ0n) is 10.3. The van der Waals surface area contributed by atoms with Crippen molar-refractivity contribution < 1.29 is 14.4 Å². The number of aromatic nitrogens is 1. The van der Waals surface area contributed by atoms with Gasteiger partial charge in [0.2, 0.25) is 0 Å². The van der Waals surface area contributed by atoms with E-state index in [0.717, 1.165) is 10.4 Å². The SMILES string of the molecule is Cc1cc(C(=O)NCc2ccno2)sc1C#CCO. The van der Waals surface area contributed by atoms with Gasteiger partial charge in [-0.15, -0.1) is 11.3 Å². The molecule has 2 rings (SSSR count). The number of rotatable bonds is 3. The summed E-state index contributed by atoms with van der Waals surface area (Å²) in [5.74, 6) is 5.81. The van der Waals surface area contributed by atoms with E-state index in [-0.39, 0.29) is 12.5 Å². The number of amides is 1. The predicted molar refractivity (Wildman–Crippen MR) is 70.7 cm³/mol. The predicted octanol–water partition coefficient (Wildman–Crippen LogP) is 1.32. The minimum atomic E-state index is -0.190. The van der Waals surface area contributed by atoms with Gasteiger partial charge >= 0.3 is 0 Å². The van der Waals surface area contributed by atoms with E-state index in [0.29, 0.717) is 17.2 Å². The molecule has 0 radical (unpaired) electrons. The number of hydrogen-bond acceptors (Lipinski definition) is 5. The van der Waals surface area contributed by atoms with Crippen LogP contribution in [0.1, 0.15) is 25.9 Å². The maximum absolute atomic E-state index is 11.9. The Morgan fingerprint density at radius 1 is 1.63 bits per heavy atom. The van der Waals surface area contributed by atoms with Crippen molar-refractivity contribution in [2.75, 3.05) is 6.61 Å². The summed E-state index contributed by atoms with van der Waals surface area (Å²) in [6, 6.07) is 3.47. The topological polar surface area (TPSA) is 75.4 Å². The van der Waals surface area contributed by atoms with E-state index in [1.165, 1.54) is 17.5 Å². The van der Waals surface area contributed by atoms with Crippen LogP contribution in [-0.4, -0.2) is 22.8 Å². The van der Waals surface area contributed by atoms with E-state index in [1.807, 2.05) is 6.92 Å². The highest BCUT2D eigenvalue weighted by molar-refractivity contribution is 7.14. The van der Waals surface area contributed by atoms with Crippen LogP contribution >= 0.6 is 11.3 Å². The third-order valence-electron chi connectivity index (χ3n) is 2.34. The molecule has 0 aliphatic heterocycles. The van der Waals surface area contributed by atoms with Gasteiger partial charge in [0.25, 0.3) is 5.91 Å². The molecule has 0 aromatic carbocycles. The van der Waals surface area contributed by atoms with Gasteiger partial charge < -0.3 is 14.9 Å². The number of nitrogens with zero attached hydrogens (tertiary/aromatic N) is 1. The lowest BCUT2D eigenvalue weighted by Gasteiger charge is -1.99. The van der Waals surface area contributed by atoms with Gasteiger partial charge in [-0.25, -0.2) is 0 Å². The zero-order chi connectivity index (χ0) is 13.7. The lowest BCUT2D eigenvalue weighted by Crippen LogP contribution is -2.21. The van der Waals surface area contributed by atoms with Crippen LogP contribution in [0.3, 0.4) is 0 Å². The van der Waals surface area contributed by atoms with Crippen LogP contribution in [0, 0.1) is 18.8 Å². The van der Waals surface area contributed by atoms with Gasteiger partial charge in [0.15, 0.2) is 5.76 Å². The maximum atomic E-state index is 11.9. The summed E-state index contributed by atoms with van der Waals surface area (Å²) >= 11 is 1.30. The van der Waals surface area contributed by atoms with Crippen molar-refractivity contribution in [1.82, 2.24) is 10.5 Å². The van der Waals surface area contributed by atoms with E-state index < -0.39 is 0 Å². The zero-order valence-corrected chi connectivity index (χ0v) is 11.1.